The molecule has 2 aromatic carbocycles. The number of allylic oxidation sites excluding steroid dienone is 2. The number of aliphatic hydroxyl groups excluding tert-OH is 1. The highest BCUT2D eigenvalue weighted by atomic mass is 35.5. The van der Waals surface area contributed by atoms with Crippen molar-refractivity contribution in [1.29, 1.82) is 0 Å². The summed E-state index contributed by atoms with van der Waals surface area (Å²) in [5.74, 6) is 7.40. The fourth-order valence-corrected chi connectivity index (χ4v) is 14.4. The van der Waals surface area contributed by atoms with Crippen LogP contribution in [0.3, 0.4) is 0 Å². The highest BCUT2D eigenvalue weighted by Crippen LogP contribution is 2.66. The van der Waals surface area contributed by atoms with Gasteiger partial charge in [-0.1, -0.05) is 89.8 Å². The van der Waals surface area contributed by atoms with Crippen LogP contribution in [0.2, 0.25) is 0 Å². The van der Waals surface area contributed by atoms with E-state index < -0.39 is 0 Å². The molecule has 352 valence electrons. The van der Waals surface area contributed by atoms with Crippen LogP contribution >= 0.6 is 11.6 Å². The van der Waals surface area contributed by atoms with E-state index >= 15 is 0 Å². The summed E-state index contributed by atoms with van der Waals surface area (Å²) in [6.45, 7) is 17.4. The van der Waals surface area contributed by atoms with Gasteiger partial charge in [-0.25, -0.2) is 0 Å². The van der Waals surface area contributed by atoms with Crippen molar-refractivity contribution in [3.05, 3.63) is 82.0 Å². The summed E-state index contributed by atoms with van der Waals surface area (Å²) in [5.41, 5.74) is 9.90. The molecule has 11 atom stereocenters. The number of halogens is 1. The van der Waals surface area contributed by atoms with Crippen LogP contribution in [0.25, 0.3) is 0 Å². The third kappa shape index (κ3) is 10.6. The predicted molar refractivity (Wildman–Crippen MR) is 262 cm³/mol. The van der Waals surface area contributed by atoms with Crippen molar-refractivity contribution in [3.8, 4) is 11.5 Å². The fourth-order valence-electron chi connectivity index (χ4n) is 14.4. The molecule has 0 amide bonds. The summed E-state index contributed by atoms with van der Waals surface area (Å²) in [5, 5.41) is 19.5. The zero-order valence-electron chi connectivity index (χ0n) is 40.9. The lowest BCUT2D eigenvalue weighted by molar-refractivity contribution is -0.105. The second-order valence-electron chi connectivity index (χ2n) is 20.5. The Morgan fingerprint density at radius 3 is 1.89 bits per heavy atom. The predicted octanol–water partition coefficient (Wildman–Crippen LogP) is 13.3. The van der Waals surface area contributed by atoms with Gasteiger partial charge in [0.25, 0.3) is 0 Å². The Morgan fingerprint density at radius 1 is 0.778 bits per heavy atom. The Bertz CT molecular complexity index is 1820. The minimum atomic E-state index is -0.0688. The molecule has 0 bridgehead atoms. The molecular weight excluding hydrogens is 802 g/mol. The second-order valence-corrected chi connectivity index (χ2v) is 20.5. The van der Waals surface area contributed by atoms with Crippen molar-refractivity contribution >= 4 is 11.6 Å². The van der Waals surface area contributed by atoms with Gasteiger partial charge in [-0.2, -0.15) is 0 Å². The number of alkyl halides is 1. The van der Waals surface area contributed by atoms with E-state index in [9.17, 15) is 10.2 Å². The van der Waals surface area contributed by atoms with Gasteiger partial charge >= 0.3 is 0 Å². The molecule has 0 spiro atoms. The number of aromatic hydroxyl groups is 1. The minimum Gasteiger partial charge on any atom is -0.508 e. The van der Waals surface area contributed by atoms with E-state index in [0.717, 1.165) is 86.9 Å². The van der Waals surface area contributed by atoms with Gasteiger partial charge in [-0.15, -0.1) is 11.6 Å². The molecular formula is C56H86ClNO5. The van der Waals surface area contributed by atoms with Gasteiger partial charge in [-0.05, 0) is 196 Å². The van der Waals surface area contributed by atoms with Gasteiger partial charge < -0.3 is 29.3 Å². The largest absolute Gasteiger partial charge is 0.508 e. The average Bonchev–Trinajstić information content (AvgIpc) is 3.82. The van der Waals surface area contributed by atoms with E-state index in [2.05, 4.69) is 94.7 Å². The number of phenolic OH excluding ortho intramolecular Hbond substituents is 1. The van der Waals surface area contributed by atoms with Crippen LogP contribution in [0, 0.1) is 46.3 Å². The van der Waals surface area contributed by atoms with Crippen molar-refractivity contribution in [2.24, 2.45) is 46.3 Å². The summed E-state index contributed by atoms with van der Waals surface area (Å²) in [6, 6.07) is 13.1. The number of rotatable bonds is 10. The molecule has 2 aromatic rings. The van der Waals surface area contributed by atoms with Gasteiger partial charge in [0.15, 0.2) is 6.29 Å². The van der Waals surface area contributed by atoms with E-state index in [1.54, 1.807) is 11.1 Å². The molecule has 63 heavy (non-hydrogen) atoms. The molecule has 1 aliphatic heterocycles. The van der Waals surface area contributed by atoms with Crippen LogP contribution in [0.4, 0.5) is 0 Å². The van der Waals surface area contributed by atoms with Gasteiger partial charge in [0.2, 0.25) is 0 Å². The van der Waals surface area contributed by atoms with Crippen molar-refractivity contribution in [2.45, 2.75) is 156 Å². The smallest absolute Gasteiger partial charge is 0.199 e. The number of nitrogens with zero attached hydrogens (tertiary/aromatic N) is 1. The van der Waals surface area contributed by atoms with Crippen LogP contribution in [0.15, 0.2) is 59.7 Å². The molecule has 0 aromatic heterocycles. The quantitative estimate of drug-likeness (QED) is 0.141. The van der Waals surface area contributed by atoms with E-state index in [4.69, 9.17) is 14.2 Å². The molecule has 2 N–H and O–H groups in total. The SMILES string of the molecule is CC.CCC1Cc2cc(O)ccc2C2CCC3(C)/C(=C/COCCN(C)C)CCC3C12.CCC1Cc2cc(OC3CCCCO3)ccc2C2CCC3(C)/C(=C/CO)CCC3C12.CCl. The maximum Gasteiger partial charge on any atom is 0.199 e. The third-order valence-corrected chi connectivity index (χ3v) is 17.4. The van der Waals surface area contributed by atoms with Gasteiger partial charge in [-0.3, -0.25) is 0 Å². The van der Waals surface area contributed by atoms with Crippen LogP contribution in [-0.2, 0) is 22.3 Å². The summed E-state index contributed by atoms with van der Waals surface area (Å²) in [7, 11) is 4.19. The Balaban J connectivity index is 0.000000195. The number of hydrogen-bond acceptors (Lipinski definition) is 6. The Hall–Kier alpha value is -2.35. The molecule has 6 aliphatic carbocycles. The van der Waals surface area contributed by atoms with E-state index in [0.29, 0.717) is 28.4 Å². The molecule has 1 saturated heterocycles. The van der Waals surface area contributed by atoms with E-state index in [1.165, 1.54) is 106 Å². The first-order valence-corrected chi connectivity index (χ1v) is 26.2. The average molecular weight is 889 g/mol. The van der Waals surface area contributed by atoms with Crippen molar-refractivity contribution in [1.82, 2.24) is 4.90 Å². The second kappa shape index (κ2) is 22.9. The first-order chi connectivity index (χ1) is 30.6. The molecule has 11 unspecified atom stereocenters. The van der Waals surface area contributed by atoms with Crippen LogP contribution < -0.4 is 4.74 Å². The summed E-state index contributed by atoms with van der Waals surface area (Å²) < 4.78 is 17.9. The number of phenols is 1. The first kappa shape index (κ1) is 50.1. The molecule has 0 radical (unpaired) electrons. The van der Waals surface area contributed by atoms with Crippen molar-refractivity contribution in [3.63, 3.8) is 0 Å². The molecule has 6 nitrogen and oxygen atoms in total. The van der Waals surface area contributed by atoms with E-state index in [1.807, 2.05) is 26.0 Å². The van der Waals surface area contributed by atoms with Gasteiger partial charge in [0, 0.05) is 19.3 Å². The van der Waals surface area contributed by atoms with Crippen LogP contribution in [-0.4, -0.2) is 74.9 Å². The maximum atomic E-state index is 10.00. The minimum absolute atomic E-state index is 0.0688. The summed E-state index contributed by atoms with van der Waals surface area (Å²) >= 11 is 4.64. The highest BCUT2D eigenvalue weighted by Gasteiger charge is 2.56. The van der Waals surface area contributed by atoms with Crippen LogP contribution in [0.5, 0.6) is 11.5 Å². The lowest BCUT2D eigenvalue weighted by Crippen LogP contribution is -2.44. The molecule has 1 heterocycles. The Kier molecular flexibility index (Phi) is 18.2. The molecule has 4 saturated carbocycles. The Labute approximate surface area is 388 Å². The summed E-state index contributed by atoms with van der Waals surface area (Å²) in [4.78, 5) is 2.17. The lowest BCUT2D eigenvalue weighted by Gasteiger charge is -2.52. The standard InChI is InChI=1S/C27H38O3.C26H39NO2.C2H6.CH3Cl/c1-3-18-16-19-17-21(30-25-6-4-5-15-29-25)8-9-22(19)23-11-13-27(2)20(12-14-28)7-10-24(27)26(18)23;1-5-18-16-19-17-21(28)7-8-22(19)23-10-12-26(2)20(6-9-24(26)25(18)23)11-14-29-15-13-27(3)4;2*1-2/h8-9,12,17-18,23-26,28H,3-7,10-11,13-16H2,1-2H3;7-8,11,17-18,23-25,28H,5-6,9-10,12-16H2,1-4H3;1-2H3;1H3/b20-12+;20-11+;;. The van der Waals surface area contributed by atoms with E-state index in [-0.39, 0.29) is 12.9 Å². The fraction of sp³-hybridized carbons (Fsp3) is 0.714. The number of ether oxygens (including phenoxy) is 3. The molecule has 5 fully saturated rings. The van der Waals surface area contributed by atoms with Gasteiger partial charge in [0.1, 0.15) is 11.5 Å². The number of hydrogen-bond donors (Lipinski definition) is 2. The number of fused-ring (bicyclic) bond motifs is 10. The topological polar surface area (TPSA) is 71.4 Å². The van der Waals surface area contributed by atoms with Crippen LogP contribution in [0.1, 0.15) is 159 Å². The Morgan fingerprint density at radius 2 is 1.35 bits per heavy atom. The summed E-state index contributed by atoms with van der Waals surface area (Å²) in [6.07, 6.45) is 24.3. The lowest BCUT2D eigenvalue weighted by atomic mass is 9.52. The zero-order valence-corrected chi connectivity index (χ0v) is 41.7. The number of benzene rings is 2. The monoisotopic (exact) mass is 888 g/mol. The van der Waals surface area contributed by atoms with Crippen molar-refractivity contribution < 1.29 is 24.4 Å². The molecule has 9 rings (SSSR count). The van der Waals surface area contributed by atoms with Gasteiger partial charge in [0.05, 0.1) is 26.4 Å². The number of likely N-dealkylation sites (N-methyl/N-ethyl adjacent to an activating group) is 1. The van der Waals surface area contributed by atoms with Crippen molar-refractivity contribution in [2.75, 3.05) is 53.5 Å². The zero-order chi connectivity index (χ0) is 45.3. The molecule has 7 aliphatic rings. The third-order valence-electron chi connectivity index (χ3n) is 17.4. The highest BCUT2D eigenvalue weighted by molar-refractivity contribution is 6.15. The number of aliphatic hydroxyl groups is 1. The maximum absolute atomic E-state index is 10.00. The molecule has 7 heteroatoms. The first-order valence-electron chi connectivity index (χ1n) is 25.4. The normalized spacial score (nSPS) is 35.0.